The summed E-state index contributed by atoms with van der Waals surface area (Å²) >= 11 is 0. The molecule has 0 bridgehead atoms. The molecule has 2 aromatic rings. The van der Waals surface area contributed by atoms with Crippen molar-refractivity contribution in [1.29, 1.82) is 0 Å². The van der Waals surface area contributed by atoms with Crippen LogP contribution in [0.4, 0.5) is 0 Å². The van der Waals surface area contributed by atoms with Crippen LogP contribution < -0.4 is 0 Å². The first-order valence-electron chi connectivity index (χ1n) is 12.8. The molecular formula is C31H35NO3. The number of carbonyl (C=O) groups excluding carboxylic acids is 3. The summed E-state index contributed by atoms with van der Waals surface area (Å²) in [6.45, 7) is 14.5. The first-order chi connectivity index (χ1) is 16.5. The Labute approximate surface area is 208 Å². The number of hydrogen-bond donors (Lipinski definition) is 0. The first-order valence-corrected chi connectivity index (χ1v) is 12.8. The van der Waals surface area contributed by atoms with Crippen LogP contribution in [0, 0.1) is 26.2 Å². The molecule has 2 aliphatic carbocycles. The van der Waals surface area contributed by atoms with E-state index in [0.717, 1.165) is 48.2 Å². The number of aryl methyl sites for hydroxylation is 1. The van der Waals surface area contributed by atoms with E-state index in [-0.39, 0.29) is 23.3 Å². The molecule has 4 nitrogen and oxygen atoms in total. The molecule has 0 saturated carbocycles. The number of hydrogen-bond acceptors (Lipinski definition) is 4. The average molecular weight is 470 g/mol. The van der Waals surface area contributed by atoms with E-state index in [2.05, 4.69) is 31.7 Å². The standard InChI is InChI=1S/C31H35NO3/c1-17-10-12-32(13-11-17)16-24(33)31(6)14-19(3)25-21(5)28-27(20(4)23(25)15-31)29(34)22-9-7-8-18(2)26(22)30(28)35/h7-10,19H,11-16H2,1-6H3. The van der Waals surface area contributed by atoms with Crippen LogP contribution in [0.3, 0.4) is 0 Å². The second-order valence-electron chi connectivity index (χ2n) is 11.3. The maximum atomic E-state index is 13.7. The van der Waals surface area contributed by atoms with E-state index in [1.807, 2.05) is 32.9 Å². The molecule has 1 heterocycles. The van der Waals surface area contributed by atoms with E-state index < -0.39 is 5.41 Å². The highest BCUT2D eigenvalue weighted by Crippen LogP contribution is 2.48. The molecule has 3 aliphatic rings. The molecule has 0 spiro atoms. The zero-order valence-corrected chi connectivity index (χ0v) is 21.8. The summed E-state index contributed by atoms with van der Waals surface area (Å²) in [5.74, 6) is 0.312. The number of ketones is 3. The summed E-state index contributed by atoms with van der Waals surface area (Å²) in [7, 11) is 0. The highest BCUT2D eigenvalue weighted by atomic mass is 16.1. The van der Waals surface area contributed by atoms with Crippen molar-refractivity contribution in [2.45, 2.75) is 66.7 Å². The van der Waals surface area contributed by atoms with Gasteiger partial charge in [-0.15, -0.1) is 0 Å². The summed E-state index contributed by atoms with van der Waals surface area (Å²) < 4.78 is 0. The van der Waals surface area contributed by atoms with Gasteiger partial charge in [0.1, 0.15) is 0 Å². The smallest absolute Gasteiger partial charge is 0.195 e. The Kier molecular flexibility index (Phi) is 5.71. The van der Waals surface area contributed by atoms with Gasteiger partial charge in [-0.1, -0.05) is 43.7 Å². The van der Waals surface area contributed by atoms with Gasteiger partial charge in [0.25, 0.3) is 0 Å². The Bertz CT molecular complexity index is 1330. The normalized spacial score (nSPS) is 23.9. The molecule has 5 rings (SSSR count). The van der Waals surface area contributed by atoms with Gasteiger partial charge >= 0.3 is 0 Å². The van der Waals surface area contributed by atoms with Gasteiger partial charge in [0, 0.05) is 40.8 Å². The van der Waals surface area contributed by atoms with Crippen molar-refractivity contribution in [1.82, 2.24) is 4.90 Å². The third kappa shape index (κ3) is 3.65. The Balaban J connectivity index is 1.57. The van der Waals surface area contributed by atoms with Crippen LogP contribution in [0.5, 0.6) is 0 Å². The van der Waals surface area contributed by atoms with Crippen molar-refractivity contribution in [2.75, 3.05) is 19.6 Å². The average Bonchev–Trinajstić information content (AvgIpc) is 2.80. The summed E-state index contributed by atoms with van der Waals surface area (Å²) in [5.41, 5.74) is 7.99. The fourth-order valence-corrected chi connectivity index (χ4v) is 6.77. The number of benzene rings is 2. The van der Waals surface area contributed by atoms with Gasteiger partial charge in [-0.05, 0) is 80.7 Å². The number of nitrogens with zero attached hydrogens (tertiary/aromatic N) is 1. The maximum Gasteiger partial charge on any atom is 0.195 e. The number of rotatable bonds is 3. The Morgan fingerprint density at radius 1 is 1.03 bits per heavy atom. The minimum Gasteiger partial charge on any atom is -0.298 e. The molecule has 2 aromatic carbocycles. The summed E-state index contributed by atoms with van der Waals surface area (Å²) in [4.78, 5) is 43.3. The fraction of sp³-hybridized carbons (Fsp3) is 0.452. The SMILES string of the molecule is CC1=CCN(CC(=O)C2(C)Cc3c(C)c4c(c(C)c3C(C)C2)C(=O)c2c(C)cccc2C4=O)CC1. The van der Waals surface area contributed by atoms with Crippen LogP contribution in [0.2, 0.25) is 0 Å². The zero-order chi connectivity index (χ0) is 25.2. The van der Waals surface area contributed by atoms with E-state index in [1.165, 1.54) is 11.1 Å². The van der Waals surface area contributed by atoms with Gasteiger partial charge in [0.2, 0.25) is 0 Å². The molecule has 1 aliphatic heterocycles. The van der Waals surface area contributed by atoms with Gasteiger partial charge < -0.3 is 0 Å². The molecule has 2 unspecified atom stereocenters. The molecule has 182 valence electrons. The molecule has 0 amide bonds. The summed E-state index contributed by atoms with van der Waals surface area (Å²) in [6, 6.07) is 5.51. The van der Waals surface area contributed by atoms with E-state index in [1.54, 1.807) is 6.07 Å². The van der Waals surface area contributed by atoms with Crippen molar-refractivity contribution in [3.8, 4) is 0 Å². The van der Waals surface area contributed by atoms with E-state index in [9.17, 15) is 14.4 Å². The van der Waals surface area contributed by atoms with Gasteiger partial charge in [0.15, 0.2) is 17.3 Å². The van der Waals surface area contributed by atoms with Gasteiger partial charge in [0.05, 0.1) is 6.54 Å². The van der Waals surface area contributed by atoms with Gasteiger partial charge in [-0.3, -0.25) is 19.3 Å². The van der Waals surface area contributed by atoms with Crippen LogP contribution in [-0.4, -0.2) is 41.9 Å². The maximum absolute atomic E-state index is 13.7. The van der Waals surface area contributed by atoms with Crippen LogP contribution in [0.1, 0.15) is 99.2 Å². The van der Waals surface area contributed by atoms with E-state index >= 15 is 0 Å². The third-order valence-corrected chi connectivity index (χ3v) is 8.76. The monoisotopic (exact) mass is 469 g/mol. The molecule has 0 saturated heterocycles. The van der Waals surface area contributed by atoms with Crippen LogP contribution in [-0.2, 0) is 11.2 Å². The molecule has 4 heteroatoms. The largest absolute Gasteiger partial charge is 0.298 e. The van der Waals surface area contributed by atoms with E-state index in [0.29, 0.717) is 35.2 Å². The highest BCUT2D eigenvalue weighted by molar-refractivity contribution is 6.30. The quantitative estimate of drug-likeness (QED) is 0.464. The topological polar surface area (TPSA) is 54.5 Å². The first kappa shape index (κ1) is 23.9. The van der Waals surface area contributed by atoms with Crippen molar-refractivity contribution in [3.05, 3.63) is 79.9 Å². The van der Waals surface area contributed by atoms with Crippen LogP contribution in [0.25, 0.3) is 0 Å². The molecule has 0 radical (unpaired) electrons. The lowest BCUT2D eigenvalue weighted by atomic mass is 9.62. The molecule has 2 atom stereocenters. The third-order valence-electron chi connectivity index (χ3n) is 8.76. The van der Waals surface area contributed by atoms with E-state index in [4.69, 9.17) is 0 Å². The molecular weight excluding hydrogens is 434 g/mol. The zero-order valence-electron chi connectivity index (χ0n) is 21.8. The Morgan fingerprint density at radius 2 is 1.74 bits per heavy atom. The number of Topliss-reactive ketones (excluding diaryl/α,β-unsaturated/α-hetero) is 1. The highest BCUT2D eigenvalue weighted by Gasteiger charge is 2.44. The lowest BCUT2D eigenvalue weighted by Gasteiger charge is -2.41. The van der Waals surface area contributed by atoms with Crippen molar-refractivity contribution in [2.24, 2.45) is 5.41 Å². The fourth-order valence-electron chi connectivity index (χ4n) is 6.77. The molecule has 35 heavy (non-hydrogen) atoms. The minimum atomic E-state index is -0.482. The molecule has 0 aromatic heterocycles. The van der Waals surface area contributed by atoms with Gasteiger partial charge in [-0.25, -0.2) is 0 Å². The minimum absolute atomic E-state index is 0.0406. The van der Waals surface area contributed by atoms with Crippen molar-refractivity contribution in [3.63, 3.8) is 0 Å². The predicted molar refractivity (Wildman–Crippen MR) is 139 cm³/mol. The lowest BCUT2D eigenvalue weighted by molar-refractivity contribution is -0.130. The molecule has 0 fully saturated rings. The predicted octanol–water partition coefficient (Wildman–Crippen LogP) is 5.66. The lowest BCUT2D eigenvalue weighted by Crippen LogP contribution is -2.44. The second-order valence-corrected chi connectivity index (χ2v) is 11.3. The van der Waals surface area contributed by atoms with Crippen molar-refractivity contribution >= 4 is 17.3 Å². The Hall–Kier alpha value is -2.85. The summed E-state index contributed by atoms with van der Waals surface area (Å²) in [5, 5.41) is 0. The molecule has 0 N–H and O–H groups in total. The second kappa shape index (κ2) is 8.37. The summed E-state index contributed by atoms with van der Waals surface area (Å²) in [6.07, 6.45) is 4.62. The van der Waals surface area contributed by atoms with Crippen LogP contribution >= 0.6 is 0 Å². The Morgan fingerprint density at radius 3 is 2.43 bits per heavy atom. The number of carbonyl (C=O) groups is 3. The van der Waals surface area contributed by atoms with Crippen molar-refractivity contribution < 1.29 is 14.4 Å². The van der Waals surface area contributed by atoms with Crippen LogP contribution in [0.15, 0.2) is 29.8 Å². The number of fused-ring (bicyclic) bond motifs is 3. The van der Waals surface area contributed by atoms with Gasteiger partial charge in [-0.2, -0.15) is 0 Å².